The van der Waals surface area contributed by atoms with Crippen molar-refractivity contribution >= 4 is 27.5 Å². The summed E-state index contributed by atoms with van der Waals surface area (Å²) in [5.74, 6) is 1.70. The van der Waals surface area contributed by atoms with Crippen molar-refractivity contribution in [1.29, 1.82) is 0 Å². The second-order valence-electron chi connectivity index (χ2n) is 13.8. The number of carbonyl (C=O) groups excluding carboxylic acids is 2. The number of benzene rings is 3. The molecule has 0 spiro atoms. The summed E-state index contributed by atoms with van der Waals surface area (Å²) >= 11 is 0. The van der Waals surface area contributed by atoms with E-state index in [1.807, 2.05) is 73.7 Å². The minimum absolute atomic E-state index is 0.175. The van der Waals surface area contributed by atoms with E-state index in [9.17, 15) is 18.0 Å². The molecule has 3 aromatic rings. The number of likely N-dealkylation sites (N-methyl/N-ethyl adjacent to an activating group) is 1. The van der Waals surface area contributed by atoms with Crippen molar-refractivity contribution in [2.75, 3.05) is 24.2 Å². The Morgan fingerprint density at radius 2 is 1.47 bits per heavy atom. The number of aryl methyl sites for hydroxylation is 1. The first-order valence-corrected chi connectivity index (χ1v) is 18.1. The van der Waals surface area contributed by atoms with Gasteiger partial charge < -0.3 is 10.2 Å². The van der Waals surface area contributed by atoms with Crippen molar-refractivity contribution < 1.29 is 18.0 Å². The molecule has 1 N–H and O–H groups in total. The van der Waals surface area contributed by atoms with Gasteiger partial charge in [0.05, 0.1) is 11.9 Å². The van der Waals surface area contributed by atoms with Crippen LogP contribution in [0, 0.1) is 24.7 Å². The van der Waals surface area contributed by atoms with Crippen LogP contribution in [0.2, 0.25) is 0 Å². The highest BCUT2D eigenvalue weighted by molar-refractivity contribution is 7.92. The molecule has 2 amide bonds. The fourth-order valence-electron chi connectivity index (χ4n) is 8.79. The molecule has 238 valence electrons. The summed E-state index contributed by atoms with van der Waals surface area (Å²) in [4.78, 5) is 29.1. The minimum atomic E-state index is -3.81. The zero-order valence-corrected chi connectivity index (χ0v) is 27.4. The van der Waals surface area contributed by atoms with Crippen LogP contribution in [-0.2, 0) is 38.0 Å². The van der Waals surface area contributed by atoms with Crippen LogP contribution in [0.1, 0.15) is 60.8 Å². The smallest absolute Gasteiger partial charge is 0.244 e. The highest BCUT2D eigenvalue weighted by Crippen LogP contribution is 2.60. The molecule has 7 nitrogen and oxygen atoms in total. The molecule has 0 aliphatic heterocycles. The lowest BCUT2D eigenvalue weighted by Crippen LogP contribution is -2.52. The van der Waals surface area contributed by atoms with Gasteiger partial charge in [0.1, 0.15) is 12.6 Å². The van der Waals surface area contributed by atoms with Gasteiger partial charge in [0, 0.05) is 20.0 Å². The van der Waals surface area contributed by atoms with E-state index in [0.717, 1.165) is 40.7 Å². The molecule has 4 aliphatic carbocycles. The lowest BCUT2D eigenvalue weighted by atomic mass is 9.48. The van der Waals surface area contributed by atoms with Crippen molar-refractivity contribution in [2.45, 2.75) is 69.9 Å². The Bertz CT molecular complexity index is 1600. The average Bonchev–Trinajstić information content (AvgIpc) is 3.00. The molecule has 8 heteroatoms. The van der Waals surface area contributed by atoms with Crippen molar-refractivity contribution in [2.24, 2.45) is 17.8 Å². The quantitative estimate of drug-likeness (QED) is 0.299. The van der Waals surface area contributed by atoms with Gasteiger partial charge in [0.25, 0.3) is 0 Å². The maximum absolute atomic E-state index is 14.3. The Hall–Kier alpha value is -3.65. The van der Waals surface area contributed by atoms with Gasteiger partial charge in [-0.25, -0.2) is 8.42 Å². The van der Waals surface area contributed by atoms with Crippen LogP contribution in [-0.4, -0.2) is 51.0 Å². The number of carbonyl (C=O) groups is 2. The van der Waals surface area contributed by atoms with Gasteiger partial charge in [-0.15, -0.1) is 0 Å². The first kappa shape index (κ1) is 31.3. The Morgan fingerprint density at radius 1 is 0.867 bits per heavy atom. The Kier molecular flexibility index (Phi) is 8.79. The molecule has 0 saturated heterocycles. The first-order valence-electron chi connectivity index (χ1n) is 16.2. The summed E-state index contributed by atoms with van der Waals surface area (Å²) in [6.45, 7) is 1.76. The molecule has 4 aliphatic rings. The van der Waals surface area contributed by atoms with E-state index >= 15 is 0 Å². The Labute approximate surface area is 268 Å². The Morgan fingerprint density at radius 3 is 2.02 bits per heavy atom. The third-order valence-corrected chi connectivity index (χ3v) is 11.6. The molecule has 3 aromatic carbocycles. The lowest BCUT2D eigenvalue weighted by molar-refractivity contribution is -0.139. The molecule has 0 heterocycles. The van der Waals surface area contributed by atoms with Crippen LogP contribution in [0.25, 0.3) is 0 Å². The topological polar surface area (TPSA) is 86.8 Å². The monoisotopic (exact) mass is 627 g/mol. The third-order valence-electron chi connectivity index (χ3n) is 10.4. The number of nitrogens with zero attached hydrogens (tertiary/aromatic N) is 2. The largest absolute Gasteiger partial charge is 0.357 e. The van der Waals surface area contributed by atoms with E-state index in [2.05, 4.69) is 17.4 Å². The number of anilines is 1. The average molecular weight is 628 g/mol. The summed E-state index contributed by atoms with van der Waals surface area (Å²) in [5, 5.41) is 2.73. The maximum atomic E-state index is 14.3. The normalized spacial score (nSPS) is 24.2. The van der Waals surface area contributed by atoms with Crippen molar-refractivity contribution in [1.82, 2.24) is 10.2 Å². The number of hydrogen-bond acceptors (Lipinski definition) is 4. The molecule has 7 rings (SSSR count). The van der Waals surface area contributed by atoms with Crippen LogP contribution >= 0.6 is 0 Å². The number of hydrogen-bond donors (Lipinski definition) is 1. The first-order chi connectivity index (χ1) is 21.5. The van der Waals surface area contributed by atoms with Crippen LogP contribution in [0.5, 0.6) is 0 Å². The molecule has 0 unspecified atom stereocenters. The molecular weight excluding hydrogens is 582 g/mol. The van der Waals surface area contributed by atoms with Gasteiger partial charge in [0.15, 0.2) is 0 Å². The van der Waals surface area contributed by atoms with Gasteiger partial charge >= 0.3 is 0 Å². The summed E-state index contributed by atoms with van der Waals surface area (Å²) in [6.07, 6.45) is 9.20. The van der Waals surface area contributed by atoms with Gasteiger partial charge in [-0.05, 0) is 97.4 Å². The SMILES string of the molecule is CNC(=O)[C@@H](Cc1ccccc1)N(Cc1cccc(C)c1)C(=O)CN(c1ccc(C23CC4CC(CC(C4)C2)C3)cc1)S(C)(=O)=O. The highest BCUT2D eigenvalue weighted by atomic mass is 32.2. The number of rotatable bonds is 11. The number of sulfonamides is 1. The van der Waals surface area contributed by atoms with Crippen LogP contribution in [0.15, 0.2) is 78.9 Å². The predicted molar refractivity (Wildman–Crippen MR) is 178 cm³/mol. The van der Waals surface area contributed by atoms with E-state index in [-0.39, 0.29) is 17.9 Å². The van der Waals surface area contributed by atoms with Crippen molar-refractivity contribution in [3.63, 3.8) is 0 Å². The summed E-state index contributed by atoms with van der Waals surface area (Å²) in [6, 6.07) is 24.5. The van der Waals surface area contributed by atoms with Crippen molar-refractivity contribution in [3.8, 4) is 0 Å². The van der Waals surface area contributed by atoms with Crippen LogP contribution in [0.4, 0.5) is 5.69 Å². The zero-order chi connectivity index (χ0) is 31.8. The fraction of sp³-hybridized carbons (Fsp3) is 0.459. The molecule has 0 aromatic heterocycles. The van der Waals surface area contributed by atoms with Crippen LogP contribution < -0.4 is 9.62 Å². The standard InChI is InChI=1S/C37H45N3O4S/c1-26-8-7-11-28(16-26)24-39(34(36(42)38-2)20-27-9-5-4-6-10-27)35(41)25-40(45(3,43)44)33-14-12-32(13-15-33)37-21-29-17-30(22-37)19-31(18-29)23-37/h4-16,29-31,34H,17-25H2,1-3H3,(H,38,42)/t29?,30?,31?,34-,37?/m1/s1. The molecule has 4 fully saturated rings. The van der Waals surface area contributed by atoms with Crippen LogP contribution in [0.3, 0.4) is 0 Å². The second-order valence-corrected chi connectivity index (χ2v) is 15.8. The highest BCUT2D eigenvalue weighted by Gasteiger charge is 2.51. The van der Waals surface area contributed by atoms with E-state index in [1.54, 1.807) is 7.05 Å². The van der Waals surface area contributed by atoms with E-state index < -0.39 is 28.5 Å². The minimum Gasteiger partial charge on any atom is -0.357 e. The molecule has 1 atom stereocenters. The lowest BCUT2D eigenvalue weighted by Gasteiger charge is -2.57. The third kappa shape index (κ3) is 6.81. The summed E-state index contributed by atoms with van der Waals surface area (Å²) < 4.78 is 27.6. The second kappa shape index (κ2) is 12.6. The molecule has 4 saturated carbocycles. The van der Waals surface area contributed by atoms with E-state index in [4.69, 9.17) is 0 Å². The fourth-order valence-corrected chi connectivity index (χ4v) is 9.64. The molecule has 0 radical (unpaired) electrons. The zero-order valence-electron chi connectivity index (χ0n) is 26.6. The number of amides is 2. The van der Waals surface area contributed by atoms with E-state index in [1.165, 1.54) is 53.3 Å². The molecular formula is C37H45N3O4S. The Balaban J connectivity index is 1.29. The molecule has 4 bridgehead atoms. The molecule has 45 heavy (non-hydrogen) atoms. The van der Waals surface area contributed by atoms with Gasteiger partial charge in [-0.3, -0.25) is 13.9 Å². The summed E-state index contributed by atoms with van der Waals surface area (Å²) in [7, 11) is -2.25. The van der Waals surface area contributed by atoms with E-state index in [0.29, 0.717) is 12.1 Å². The van der Waals surface area contributed by atoms with Gasteiger partial charge in [0.2, 0.25) is 21.8 Å². The van der Waals surface area contributed by atoms with Gasteiger partial charge in [-0.2, -0.15) is 0 Å². The number of nitrogens with one attached hydrogen (secondary N) is 1. The van der Waals surface area contributed by atoms with Gasteiger partial charge in [-0.1, -0.05) is 72.3 Å². The maximum Gasteiger partial charge on any atom is 0.244 e. The van der Waals surface area contributed by atoms with Crippen molar-refractivity contribution in [3.05, 3.63) is 101 Å². The predicted octanol–water partition coefficient (Wildman–Crippen LogP) is 5.61. The summed E-state index contributed by atoms with van der Waals surface area (Å²) in [5.41, 5.74) is 4.78.